The Morgan fingerprint density at radius 3 is 2.54 bits per heavy atom. The van der Waals surface area contributed by atoms with Crippen molar-refractivity contribution in [1.29, 1.82) is 0 Å². The molecule has 1 atom stereocenters. The number of aliphatic hydroxyl groups is 1. The van der Waals surface area contributed by atoms with Crippen LogP contribution in [0.2, 0.25) is 0 Å². The number of rotatable bonds is 1. The largest absolute Gasteiger partial charge is 0.388 e. The Labute approximate surface area is 77.7 Å². The molecule has 1 N–H and O–H groups in total. The van der Waals surface area contributed by atoms with Crippen molar-refractivity contribution in [2.75, 3.05) is 13.2 Å². The van der Waals surface area contributed by atoms with Crippen LogP contribution in [0.25, 0.3) is 0 Å². The molecule has 0 aromatic rings. The van der Waals surface area contributed by atoms with E-state index >= 15 is 0 Å². The van der Waals surface area contributed by atoms with Crippen LogP contribution >= 0.6 is 0 Å². The van der Waals surface area contributed by atoms with E-state index in [1.165, 1.54) is 0 Å². The highest BCUT2D eigenvalue weighted by Gasteiger charge is 2.26. The lowest BCUT2D eigenvalue weighted by molar-refractivity contribution is -0.230. The minimum Gasteiger partial charge on any atom is -0.388 e. The molecule has 1 saturated heterocycles. The molecule has 2 aliphatic rings. The molecule has 0 bridgehead atoms. The third-order valence-corrected chi connectivity index (χ3v) is 2.27. The molecule has 3 nitrogen and oxygen atoms in total. The summed E-state index contributed by atoms with van der Waals surface area (Å²) in [5.74, 6) is 0.303. The Morgan fingerprint density at radius 1 is 1.15 bits per heavy atom. The van der Waals surface area contributed by atoms with Gasteiger partial charge >= 0.3 is 0 Å². The van der Waals surface area contributed by atoms with Gasteiger partial charge in [0.2, 0.25) is 0 Å². The zero-order chi connectivity index (χ0) is 9.10. The average Bonchev–Trinajstić information content (AvgIpc) is 2.20. The molecule has 3 heteroatoms. The molecule has 0 spiro atoms. The van der Waals surface area contributed by atoms with Gasteiger partial charge in [0.1, 0.15) is 6.10 Å². The lowest BCUT2D eigenvalue weighted by Gasteiger charge is -2.31. The molecule has 1 aliphatic carbocycles. The van der Waals surface area contributed by atoms with Crippen LogP contribution < -0.4 is 0 Å². The van der Waals surface area contributed by atoms with Crippen molar-refractivity contribution >= 4 is 0 Å². The summed E-state index contributed by atoms with van der Waals surface area (Å²) in [6, 6.07) is 0. The minimum absolute atomic E-state index is 0.176. The van der Waals surface area contributed by atoms with Crippen molar-refractivity contribution in [1.82, 2.24) is 0 Å². The van der Waals surface area contributed by atoms with Crippen LogP contribution in [0.4, 0.5) is 0 Å². The van der Waals surface area contributed by atoms with E-state index in [9.17, 15) is 0 Å². The smallest absolute Gasteiger partial charge is 0.164 e. The zero-order valence-corrected chi connectivity index (χ0v) is 7.43. The fourth-order valence-corrected chi connectivity index (χ4v) is 1.56. The standard InChI is InChI=1S/C10H14O3/c11-9-6-12-10(13-7-9)8-4-2-1-3-5-8/h1-4,8-11H,5-7H2. The maximum atomic E-state index is 9.14. The molecule has 2 rings (SSSR count). The van der Waals surface area contributed by atoms with E-state index < -0.39 is 6.10 Å². The first kappa shape index (κ1) is 8.94. The van der Waals surface area contributed by atoms with Crippen LogP contribution in [-0.2, 0) is 9.47 Å². The SMILES string of the molecule is OC1COC(C2C=CC=CC2)OC1. The van der Waals surface area contributed by atoms with Gasteiger partial charge in [0.25, 0.3) is 0 Å². The second-order valence-electron chi connectivity index (χ2n) is 3.40. The fourth-order valence-electron chi connectivity index (χ4n) is 1.56. The molecule has 1 unspecified atom stereocenters. The number of ether oxygens (including phenoxy) is 2. The third-order valence-electron chi connectivity index (χ3n) is 2.27. The van der Waals surface area contributed by atoms with Crippen molar-refractivity contribution in [3.8, 4) is 0 Å². The lowest BCUT2D eigenvalue weighted by atomic mass is 10.00. The Bertz CT molecular complexity index is 214. The number of hydrogen-bond donors (Lipinski definition) is 1. The maximum absolute atomic E-state index is 9.14. The molecular weight excluding hydrogens is 168 g/mol. The summed E-state index contributed by atoms with van der Waals surface area (Å²) < 4.78 is 10.7. The first-order valence-electron chi connectivity index (χ1n) is 4.61. The fraction of sp³-hybridized carbons (Fsp3) is 0.600. The molecule has 1 heterocycles. The first-order valence-corrected chi connectivity index (χ1v) is 4.61. The third kappa shape index (κ3) is 2.18. The highest BCUT2D eigenvalue weighted by atomic mass is 16.7. The van der Waals surface area contributed by atoms with E-state index in [-0.39, 0.29) is 6.29 Å². The number of aliphatic hydroxyl groups excluding tert-OH is 1. The summed E-state index contributed by atoms with van der Waals surface area (Å²) in [6.07, 6.45) is 8.53. The van der Waals surface area contributed by atoms with E-state index in [4.69, 9.17) is 14.6 Å². The van der Waals surface area contributed by atoms with Gasteiger partial charge in [-0.3, -0.25) is 0 Å². The van der Waals surface area contributed by atoms with Gasteiger partial charge in [0.15, 0.2) is 6.29 Å². The number of hydrogen-bond acceptors (Lipinski definition) is 3. The summed E-state index contributed by atoms with van der Waals surface area (Å²) in [6.45, 7) is 0.775. The zero-order valence-electron chi connectivity index (χ0n) is 7.43. The van der Waals surface area contributed by atoms with Crippen LogP contribution in [0.1, 0.15) is 6.42 Å². The van der Waals surface area contributed by atoms with Gasteiger partial charge in [0.05, 0.1) is 13.2 Å². The van der Waals surface area contributed by atoms with Crippen LogP contribution in [0.5, 0.6) is 0 Å². The van der Waals surface area contributed by atoms with Gasteiger partial charge in [-0.25, -0.2) is 0 Å². The quantitative estimate of drug-likeness (QED) is 0.653. The van der Waals surface area contributed by atoms with E-state index in [2.05, 4.69) is 12.2 Å². The van der Waals surface area contributed by atoms with Crippen molar-refractivity contribution in [2.24, 2.45) is 5.92 Å². The Kier molecular flexibility index (Phi) is 2.78. The molecular formula is C10H14O3. The highest BCUT2D eigenvalue weighted by Crippen LogP contribution is 2.22. The molecule has 0 radical (unpaired) electrons. The lowest BCUT2D eigenvalue weighted by Crippen LogP contribution is -2.39. The van der Waals surface area contributed by atoms with Crippen molar-refractivity contribution in [2.45, 2.75) is 18.8 Å². The van der Waals surface area contributed by atoms with Crippen molar-refractivity contribution in [3.63, 3.8) is 0 Å². The van der Waals surface area contributed by atoms with Crippen molar-refractivity contribution < 1.29 is 14.6 Å². The van der Waals surface area contributed by atoms with E-state index in [1.54, 1.807) is 0 Å². The predicted octanol–water partition coefficient (Wildman–Crippen LogP) is 0.853. The molecule has 13 heavy (non-hydrogen) atoms. The molecule has 0 aromatic carbocycles. The van der Waals surface area contributed by atoms with E-state index in [0.29, 0.717) is 19.1 Å². The minimum atomic E-state index is -0.459. The van der Waals surface area contributed by atoms with E-state index in [1.807, 2.05) is 12.2 Å². The topological polar surface area (TPSA) is 38.7 Å². The van der Waals surface area contributed by atoms with Gasteiger partial charge in [-0.05, 0) is 6.42 Å². The normalized spacial score (nSPS) is 39.3. The molecule has 1 aliphatic heterocycles. The monoisotopic (exact) mass is 182 g/mol. The Morgan fingerprint density at radius 2 is 1.92 bits per heavy atom. The number of allylic oxidation sites excluding steroid dienone is 3. The van der Waals surface area contributed by atoms with Crippen LogP contribution in [0, 0.1) is 5.92 Å². The molecule has 0 saturated carbocycles. The molecule has 1 fully saturated rings. The predicted molar refractivity (Wildman–Crippen MR) is 48.1 cm³/mol. The van der Waals surface area contributed by atoms with Crippen LogP contribution in [0.15, 0.2) is 24.3 Å². The average molecular weight is 182 g/mol. The van der Waals surface area contributed by atoms with E-state index in [0.717, 1.165) is 6.42 Å². The van der Waals surface area contributed by atoms with Crippen LogP contribution in [0.3, 0.4) is 0 Å². The second-order valence-corrected chi connectivity index (χ2v) is 3.40. The highest BCUT2D eigenvalue weighted by molar-refractivity contribution is 5.11. The van der Waals surface area contributed by atoms with Gasteiger partial charge in [-0.1, -0.05) is 24.3 Å². The maximum Gasteiger partial charge on any atom is 0.164 e. The summed E-state index contributed by atoms with van der Waals surface area (Å²) in [4.78, 5) is 0. The summed E-state index contributed by atoms with van der Waals surface area (Å²) in [5.41, 5.74) is 0. The summed E-state index contributed by atoms with van der Waals surface area (Å²) in [5, 5.41) is 9.14. The van der Waals surface area contributed by atoms with Gasteiger partial charge in [-0.15, -0.1) is 0 Å². The van der Waals surface area contributed by atoms with Crippen LogP contribution in [-0.4, -0.2) is 30.7 Å². The molecule has 72 valence electrons. The molecule has 0 aromatic heterocycles. The van der Waals surface area contributed by atoms with Gasteiger partial charge in [0, 0.05) is 5.92 Å². The molecule has 0 amide bonds. The second kappa shape index (κ2) is 4.05. The Balaban J connectivity index is 1.87. The first-order chi connectivity index (χ1) is 6.36. The van der Waals surface area contributed by atoms with Gasteiger partial charge < -0.3 is 14.6 Å². The van der Waals surface area contributed by atoms with Gasteiger partial charge in [-0.2, -0.15) is 0 Å². The Hall–Kier alpha value is -0.640. The summed E-state index contributed by atoms with van der Waals surface area (Å²) in [7, 11) is 0. The van der Waals surface area contributed by atoms with Crippen molar-refractivity contribution in [3.05, 3.63) is 24.3 Å². The summed E-state index contributed by atoms with van der Waals surface area (Å²) >= 11 is 0.